The molecule has 50 valence electrons. The minimum Gasteiger partial charge on any atom is -0.265 e. The van der Waals surface area contributed by atoms with Crippen molar-refractivity contribution in [2.24, 2.45) is 0 Å². The molecule has 1 aromatic rings. The number of nitrogens with zero attached hydrogens (tertiary/aromatic N) is 2. The normalized spacial score (nSPS) is 10.6. The lowest BCUT2D eigenvalue weighted by Gasteiger charge is -1.95. The van der Waals surface area contributed by atoms with Crippen molar-refractivity contribution >= 4 is 11.8 Å². The van der Waals surface area contributed by atoms with Crippen LogP contribution in [0.1, 0.15) is 13.8 Å². The van der Waals surface area contributed by atoms with Gasteiger partial charge < -0.3 is 0 Å². The van der Waals surface area contributed by atoms with Crippen molar-refractivity contribution in [3.63, 3.8) is 0 Å². The Morgan fingerprint density at radius 2 is 2.44 bits per heavy atom. The summed E-state index contributed by atoms with van der Waals surface area (Å²) in [7, 11) is 0. The number of aromatic amines is 1. The van der Waals surface area contributed by atoms with Gasteiger partial charge >= 0.3 is 0 Å². The maximum atomic E-state index is 3.95. The Morgan fingerprint density at radius 3 is 2.89 bits per heavy atom. The van der Waals surface area contributed by atoms with Crippen LogP contribution in [0.3, 0.4) is 0 Å². The Bertz CT molecular complexity index is 159. The van der Waals surface area contributed by atoms with E-state index >= 15 is 0 Å². The van der Waals surface area contributed by atoms with Gasteiger partial charge in [-0.2, -0.15) is 0 Å². The first-order chi connectivity index (χ1) is 4.29. The first-order valence-corrected chi connectivity index (χ1v) is 3.69. The van der Waals surface area contributed by atoms with Crippen LogP contribution in [0.2, 0.25) is 0 Å². The van der Waals surface area contributed by atoms with Gasteiger partial charge in [0.1, 0.15) is 6.33 Å². The number of hydrogen-bond acceptors (Lipinski definition) is 3. The molecule has 1 N–H and O–H groups in total. The van der Waals surface area contributed by atoms with E-state index in [1.165, 1.54) is 0 Å². The van der Waals surface area contributed by atoms with Gasteiger partial charge in [0.25, 0.3) is 0 Å². The fraction of sp³-hybridized carbons (Fsp3) is 0.600. The van der Waals surface area contributed by atoms with E-state index in [4.69, 9.17) is 0 Å². The molecule has 0 aliphatic rings. The third kappa shape index (κ3) is 2.05. The van der Waals surface area contributed by atoms with Crippen molar-refractivity contribution < 1.29 is 0 Å². The van der Waals surface area contributed by atoms with Crippen LogP contribution in [0.15, 0.2) is 11.5 Å². The van der Waals surface area contributed by atoms with Crippen LogP contribution >= 0.6 is 11.8 Å². The van der Waals surface area contributed by atoms with Crippen molar-refractivity contribution in [3.8, 4) is 0 Å². The molecule has 1 aromatic heterocycles. The molecule has 0 unspecified atom stereocenters. The topological polar surface area (TPSA) is 41.6 Å². The molecule has 0 aliphatic heterocycles. The number of hydrogen-bond donors (Lipinski definition) is 1. The van der Waals surface area contributed by atoms with Crippen molar-refractivity contribution in [2.45, 2.75) is 24.3 Å². The minimum atomic E-state index is 0.556. The molecule has 0 bridgehead atoms. The van der Waals surface area contributed by atoms with Gasteiger partial charge in [0, 0.05) is 5.25 Å². The van der Waals surface area contributed by atoms with E-state index in [2.05, 4.69) is 29.0 Å². The van der Waals surface area contributed by atoms with Crippen LogP contribution in [0.25, 0.3) is 0 Å². The van der Waals surface area contributed by atoms with E-state index in [9.17, 15) is 0 Å². The van der Waals surface area contributed by atoms with Crippen molar-refractivity contribution in [3.05, 3.63) is 6.33 Å². The second-order valence-corrected chi connectivity index (χ2v) is 3.49. The standard InChI is InChI=1S/C5H9N3S/c1-4(2)9-5-6-3-7-8-5/h3-4H,1-2H3,(H,6,7,8). The van der Waals surface area contributed by atoms with Crippen molar-refractivity contribution in [1.29, 1.82) is 0 Å². The van der Waals surface area contributed by atoms with Gasteiger partial charge in [0.05, 0.1) is 0 Å². The molecule has 1 heterocycles. The number of nitrogens with one attached hydrogen (secondary N) is 1. The highest BCUT2D eigenvalue weighted by molar-refractivity contribution is 7.99. The summed E-state index contributed by atoms with van der Waals surface area (Å²) in [6, 6.07) is 0. The lowest BCUT2D eigenvalue weighted by Crippen LogP contribution is -1.86. The maximum Gasteiger partial charge on any atom is 0.208 e. The minimum absolute atomic E-state index is 0.556. The monoisotopic (exact) mass is 143 g/mol. The summed E-state index contributed by atoms with van der Waals surface area (Å²) in [5, 5.41) is 7.92. The molecule has 0 atom stereocenters. The summed E-state index contributed by atoms with van der Waals surface area (Å²) in [4.78, 5) is 3.95. The predicted molar refractivity (Wildman–Crippen MR) is 37.4 cm³/mol. The zero-order chi connectivity index (χ0) is 6.69. The zero-order valence-corrected chi connectivity index (χ0v) is 6.27. The molecular formula is C5H9N3S. The fourth-order valence-electron chi connectivity index (χ4n) is 0.465. The van der Waals surface area contributed by atoms with E-state index in [0.29, 0.717) is 5.25 Å². The third-order valence-corrected chi connectivity index (χ3v) is 1.61. The molecule has 0 spiro atoms. The second-order valence-electron chi connectivity index (χ2n) is 1.95. The molecular weight excluding hydrogens is 134 g/mol. The third-order valence-electron chi connectivity index (χ3n) is 0.734. The average molecular weight is 143 g/mol. The van der Waals surface area contributed by atoms with E-state index in [-0.39, 0.29) is 0 Å². The van der Waals surface area contributed by atoms with Gasteiger partial charge in [-0.1, -0.05) is 25.6 Å². The predicted octanol–water partition coefficient (Wildman–Crippen LogP) is 1.31. The average Bonchev–Trinajstić information content (AvgIpc) is 2.15. The lowest BCUT2D eigenvalue weighted by atomic mass is 10.6. The van der Waals surface area contributed by atoms with Crippen LogP contribution in [0, 0.1) is 0 Å². The number of aromatic nitrogens is 3. The quantitative estimate of drug-likeness (QED) is 0.634. The van der Waals surface area contributed by atoms with E-state index in [1.54, 1.807) is 18.1 Å². The molecule has 0 saturated carbocycles. The summed E-state index contributed by atoms with van der Waals surface area (Å²) in [5.74, 6) is 0. The molecule has 0 aromatic carbocycles. The number of thioether (sulfide) groups is 1. The van der Waals surface area contributed by atoms with Crippen LogP contribution in [-0.4, -0.2) is 20.4 Å². The Kier molecular flexibility index (Phi) is 2.10. The van der Waals surface area contributed by atoms with Crippen molar-refractivity contribution in [1.82, 2.24) is 15.2 Å². The summed E-state index contributed by atoms with van der Waals surface area (Å²) >= 11 is 1.65. The van der Waals surface area contributed by atoms with Gasteiger partial charge in [0.2, 0.25) is 5.16 Å². The summed E-state index contributed by atoms with van der Waals surface area (Å²) < 4.78 is 0. The Labute approximate surface area is 58.3 Å². The number of rotatable bonds is 2. The molecule has 0 radical (unpaired) electrons. The van der Waals surface area contributed by atoms with Crippen LogP contribution in [-0.2, 0) is 0 Å². The van der Waals surface area contributed by atoms with E-state index in [0.717, 1.165) is 5.16 Å². The largest absolute Gasteiger partial charge is 0.265 e. The van der Waals surface area contributed by atoms with Crippen molar-refractivity contribution in [2.75, 3.05) is 0 Å². The summed E-state index contributed by atoms with van der Waals surface area (Å²) in [6.45, 7) is 4.22. The van der Waals surface area contributed by atoms with Gasteiger partial charge in [-0.15, -0.1) is 5.10 Å². The van der Waals surface area contributed by atoms with Gasteiger partial charge in [-0.05, 0) is 0 Å². The molecule has 9 heavy (non-hydrogen) atoms. The SMILES string of the molecule is CC(C)Sc1nc[nH]n1. The Hall–Kier alpha value is -0.510. The number of H-pyrrole nitrogens is 1. The Balaban J connectivity index is 2.48. The molecule has 3 nitrogen and oxygen atoms in total. The molecule has 0 amide bonds. The van der Waals surface area contributed by atoms with Gasteiger partial charge in [-0.3, -0.25) is 5.10 Å². The fourth-order valence-corrected chi connectivity index (χ4v) is 1.11. The smallest absolute Gasteiger partial charge is 0.208 e. The highest BCUT2D eigenvalue weighted by atomic mass is 32.2. The second kappa shape index (κ2) is 2.87. The maximum absolute atomic E-state index is 3.95. The van der Waals surface area contributed by atoms with Gasteiger partial charge in [-0.25, -0.2) is 4.98 Å². The summed E-state index contributed by atoms with van der Waals surface area (Å²) in [6.07, 6.45) is 1.59. The molecule has 1 rings (SSSR count). The highest BCUT2D eigenvalue weighted by Crippen LogP contribution is 2.16. The Morgan fingerprint density at radius 1 is 1.67 bits per heavy atom. The first kappa shape index (κ1) is 6.61. The molecule has 0 saturated heterocycles. The lowest BCUT2D eigenvalue weighted by molar-refractivity contribution is 0.961. The van der Waals surface area contributed by atoms with E-state index in [1.807, 2.05) is 0 Å². The van der Waals surface area contributed by atoms with Crippen LogP contribution < -0.4 is 0 Å². The first-order valence-electron chi connectivity index (χ1n) is 2.81. The van der Waals surface area contributed by atoms with E-state index < -0.39 is 0 Å². The molecule has 0 aliphatic carbocycles. The zero-order valence-electron chi connectivity index (χ0n) is 5.46. The highest BCUT2D eigenvalue weighted by Gasteiger charge is 1.99. The summed E-state index contributed by atoms with van der Waals surface area (Å²) in [5.41, 5.74) is 0. The van der Waals surface area contributed by atoms with Crippen LogP contribution in [0.5, 0.6) is 0 Å². The van der Waals surface area contributed by atoms with Crippen LogP contribution in [0.4, 0.5) is 0 Å². The van der Waals surface area contributed by atoms with Gasteiger partial charge in [0.15, 0.2) is 0 Å². The molecule has 4 heteroatoms. The molecule has 0 fully saturated rings.